The Morgan fingerprint density at radius 2 is 1.92 bits per heavy atom. The molecule has 3 rings (SSSR count). The average Bonchev–Trinajstić information content (AvgIpc) is 1.72. The van der Waals surface area contributed by atoms with Crippen LogP contribution in [0.5, 0.6) is 0 Å². The van der Waals surface area contributed by atoms with Crippen LogP contribution in [0.1, 0.15) is 19.3 Å². The van der Waals surface area contributed by atoms with Crippen LogP contribution < -0.4 is 5.32 Å². The quantitative estimate of drug-likeness (QED) is 0.670. The molecular formula is C7H9F2NO2. The Morgan fingerprint density at radius 3 is 2.25 bits per heavy atom. The predicted molar refractivity (Wildman–Crippen MR) is 36.2 cm³/mol. The van der Waals surface area contributed by atoms with Crippen LogP contribution >= 0.6 is 0 Å². The van der Waals surface area contributed by atoms with Crippen molar-refractivity contribution < 1.29 is 18.7 Å². The predicted octanol–water partition coefficient (Wildman–Crippen LogP) is 1.44. The zero-order valence-electron chi connectivity index (χ0n) is 6.31. The van der Waals surface area contributed by atoms with Crippen molar-refractivity contribution in [1.82, 2.24) is 5.32 Å². The first kappa shape index (κ1) is 7.76. The number of carbonyl (C=O) groups is 1. The van der Waals surface area contributed by atoms with E-state index in [9.17, 15) is 13.6 Å². The summed E-state index contributed by atoms with van der Waals surface area (Å²) in [5.41, 5.74) is -1.34. The van der Waals surface area contributed by atoms with Gasteiger partial charge in [-0.15, -0.1) is 0 Å². The van der Waals surface area contributed by atoms with Crippen LogP contribution in [0.15, 0.2) is 0 Å². The van der Waals surface area contributed by atoms with E-state index in [1.807, 2.05) is 0 Å². The van der Waals surface area contributed by atoms with E-state index in [1.165, 1.54) is 0 Å². The lowest BCUT2D eigenvalue weighted by Crippen LogP contribution is -2.76. The molecule has 3 aliphatic rings. The molecule has 0 aromatic heterocycles. The molecule has 68 valence electrons. The summed E-state index contributed by atoms with van der Waals surface area (Å²) < 4.78 is 24.5. The first-order valence-corrected chi connectivity index (χ1v) is 3.77. The topological polar surface area (TPSA) is 49.3 Å². The minimum atomic E-state index is -2.30. The highest BCUT2D eigenvalue weighted by Crippen LogP contribution is 2.69. The molecule has 0 radical (unpaired) electrons. The first-order chi connectivity index (χ1) is 5.48. The number of hydrogen-bond donors (Lipinski definition) is 2. The van der Waals surface area contributed by atoms with Gasteiger partial charge in [-0.3, -0.25) is 0 Å². The van der Waals surface area contributed by atoms with Crippen LogP contribution in [0.2, 0.25) is 0 Å². The van der Waals surface area contributed by atoms with Crippen LogP contribution in [0.3, 0.4) is 0 Å². The maximum atomic E-state index is 12.2. The second-order valence-corrected chi connectivity index (χ2v) is 3.90. The number of rotatable bonds is 2. The second-order valence-electron chi connectivity index (χ2n) is 3.90. The van der Waals surface area contributed by atoms with Crippen LogP contribution in [-0.4, -0.2) is 23.2 Å². The first-order valence-electron chi connectivity index (χ1n) is 3.77. The Kier molecular flexibility index (Phi) is 1.22. The number of amides is 1. The molecule has 0 heterocycles. The molecule has 3 nitrogen and oxygen atoms in total. The molecular weight excluding hydrogens is 168 g/mol. The van der Waals surface area contributed by atoms with Gasteiger partial charge in [-0.2, -0.15) is 0 Å². The van der Waals surface area contributed by atoms with E-state index < -0.39 is 23.5 Å². The van der Waals surface area contributed by atoms with Crippen LogP contribution in [0.4, 0.5) is 13.6 Å². The fourth-order valence-electron chi connectivity index (χ4n) is 2.46. The van der Waals surface area contributed by atoms with Gasteiger partial charge in [0.15, 0.2) is 0 Å². The van der Waals surface area contributed by atoms with Gasteiger partial charge < -0.3 is 10.4 Å². The summed E-state index contributed by atoms with van der Waals surface area (Å²) >= 11 is 0. The minimum absolute atomic E-state index is 0.309. The summed E-state index contributed by atoms with van der Waals surface area (Å²) in [5.74, 6) is 0. The smallest absolute Gasteiger partial charge is 0.405 e. The molecule has 2 bridgehead atoms. The van der Waals surface area contributed by atoms with Crippen molar-refractivity contribution in [2.75, 3.05) is 0 Å². The van der Waals surface area contributed by atoms with Gasteiger partial charge in [-0.25, -0.2) is 13.6 Å². The lowest BCUT2D eigenvalue weighted by atomic mass is 9.39. The van der Waals surface area contributed by atoms with Crippen molar-refractivity contribution in [2.45, 2.75) is 31.2 Å². The number of alkyl halides is 2. The van der Waals surface area contributed by atoms with Gasteiger partial charge >= 0.3 is 6.09 Å². The standard InChI is InChI=1S/C7H9F2NO2/c8-4(9)6-1-7(2-6,3-6)10-5(11)12/h4,10H,1-3H2,(H,11,12). The molecule has 0 saturated heterocycles. The van der Waals surface area contributed by atoms with Gasteiger partial charge in [0.2, 0.25) is 6.43 Å². The van der Waals surface area contributed by atoms with Gasteiger partial charge in [-0.1, -0.05) is 0 Å². The molecule has 3 fully saturated rings. The van der Waals surface area contributed by atoms with E-state index in [-0.39, 0.29) is 0 Å². The van der Waals surface area contributed by atoms with Crippen LogP contribution in [0.25, 0.3) is 0 Å². The Balaban J connectivity index is 1.91. The van der Waals surface area contributed by atoms with Gasteiger partial charge in [0, 0.05) is 11.0 Å². The Morgan fingerprint density at radius 1 is 1.42 bits per heavy atom. The van der Waals surface area contributed by atoms with Crippen LogP contribution in [-0.2, 0) is 0 Å². The van der Waals surface area contributed by atoms with Crippen molar-refractivity contribution in [3.63, 3.8) is 0 Å². The van der Waals surface area contributed by atoms with E-state index in [1.54, 1.807) is 0 Å². The van der Waals surface area contributed by atoms with Gasteiger partial charge in [0.1, 0.15) is 0 Å². The Hall–Kier alpha value is -0.870. The molecule has 3 aliphatic carbocycles. The van der Waals surface area contributed by atoms with E-state index in [2.05, 4.69) is 5.32 Å². The van der Waals surface area contributed by atoms with E-state index >= 15 is 0 Å². The largest absolute Gasteiger partial charge is 0.465 e. The minimum Gasteiger partial charge on any atom is -0.465 e. The third-order valence-electron chi connectivity index (χ3n) is 2.91. The second kappa shape index (κ2) is 1.89. The summed E-state index contributed by atoms with van der Waals surface area (Å²) in [4.78, 5) is 10.2. The zero-order valence-corrected chi connectivity index (χ0v) is 6.31. The summed E-state index contributed by atoms with van der Waals surface area (Å²) in [6.45, 7) is 0. The Labute approximate surface area is 67.8 Å². The highest BCUT2D eigenvalue weighted by atomic mass is 19.3. The SMILES string of the molecule is O=C(O)NC12CC(C(F)F)(C1)C2. The van der Waals surface area contributed by atoms with Crippen molar-refractivity contribution in [2.24, 2.45) is 5.41 Å². The molecule has 1 amide bonds. The molecule has 3 saturated carbocycles. The van der Waals surface area contributed by atoms with Crippen molar-refractivity contribution >= 4 is 6.09 Å². The molecule has 0 aliphatic heterocycles. The molecule has 12 heavy (non-hydrogen) atoms. The molecule has 2 N–H and O–H groups in total. The van der Waals surface area contributed by atoms with Crippen molar-refractivity contribution in [1.29, 1.82) is 0 Å². The molecule has 0 aromatic carbocycles. The summed E-state index contributed by atoms with van der Waals surface area (Å²) in [6.07, 6.45) is -2.48. The molecule has 0 atom stereocenters. The highest BCUT2D eigenvalue weighted by Gasteiger charge is 2.72. The maximum absolute atomic E-state index is 12.2. The fraction of sp³-hybridized carbons (Fsp3) is 0.857. The summed E-state index contributed by atoms with van der Waals surface area (Å²) in [5, 5.41) is 10.6. The van der Waals surface area contributed by atoms with E-state index in [4.69, 9.17) is 5.11 Å². The van der Waals surface area contributed by atoms with Crippen LogP contribution in [0, 0.1) is 5.41 Å². The molecule has 0 spiro atoms. The van der Waals surface area contributed by atoms with Gasteiger partial charge in [0.05, 0.1) is 0 Å². The number of nitrogens with one attached hydrogen (secondary N) is 1. The van der Waals surface area contributed by atoms with Gasteiger partial charge in [-0.05, 0) is 19.3 Å². The maximum Gasteiger partial charge on any atom is 0.405 e. The monoisotopic (exact) mass is 177 g/mol. The lowest BCUT2D eigenvalue weighted by Gasteiger charge is -2.69. The summed E-state index contributed by atoms with van der Waals surface area (Å²) in [6, 6.07) is 0. The molecule has 0 unspecified atom stereocenters. The van der Waals surface area contributed by atoms with Gasteiger partial charge in [0.25, 0.3) is 0 Å². The third-order valence-corrected chi connectivity index (χ3v) is 2.91. The summed E-state index contributed by atoms with van der Waals surface area (Å²) in [7, 11) is 0. The zero-order chi connectivity index (χ0) is 8.98. The Bertz CT molecular complexity index is 222. The highest BCUT2D eigenvalue weighted by molar-refractivity contribution is 5.66. The van der Waals surface area contributed by atoms with Crippen molar-refractivity contribution in [3.8, 4) is 0 Å². The molecule has 0 aromatic rings. The van der Waals surface area contributed by atoms with Crippen molar-refractivity contribution in [3.05, 3.63) is 0 Å². The normalized spacial score (nSPS) is 43.2. The number of halogens is 2. The average molecular weight is 177 g/mol. The lowest BCUT2D eigenvalue weighted by molar-refractivity contribution is -0.224. The third kappa shape index (κ3) is 0.763. The van der Waals surface area contributed by atoms with E-state index in [0.717, 1.165) is 0 Å². The number of carboxylic acid groups (broad SMARTS) is 1. The number of hydrogen-bond acceptors (Lipinski definition) is 1. The van der Waals surface area contributed by atoms with E-state index in [0.29, 0.717) is 19.3 Å². The fourth-order valence-corrected chi connectivity index (χ4v) is 2.46. The molecule has 5 heteroatoms.